The molecule has 2 aliphatic rings. The van der Waals surface area contributed by atoms with Crippen LogP contribution in [0.2, 0.25) is 0 Å². The number of likely N-dealkylation sites (tertiary alicyclic amines) is 1. The molecule has 2 aliphatic heterocycles. The quantitative estimate of drug-likeness (QED) is 0.599. The maximum atomic E-state index is 12.2. The highest BCUT2D eigenvalue weighted by atomic mass is 16.5. The standard InChI is InChI=1S/C11H18N2O4/c1-17-11(16)9-3-2-4-13(9)10(15)8-5-7(14)6-12-8/h7-9,12,14H,2-6H2,1H3. The molecular weight excluding hydrogens is 224 g/mol. The van der Waals surface area contributed by atoms with Gasteiger partial charge in [-0.1, -0.05) is 0 Å². The first-order valence-electron chi connectivity index (χ1n) is 5.93. The third-order valence-electron chi connectivity index (χ3n) is 3.41. The molecule has 17 heavy (non-hydrogen) atoms. The highest BCUT2D eigenvalue weighted by molar-refractivity contribution is 5.88. The van der Waals surface area contributed by atoms with Gasteiger partial charge in [-0.3, -0.25) is 4.79 Å². The van der Waals surface area contributed by atoms with Crippen molar-refractivity contribution in [2.45, 2.75) is 37.5 Å². The lowest BCUT2D eigenvalue weighted by atomic mass is 10.1. The number of aliphatic hydroxyl groups excluding tert-OH is 1. The van der Waals surface area contributed by atoms with Gasteiger partial charge in [0.15, 0.2) is 0 Å². The lowest BCUT2D eigenvalue weighted by Gasteiger charge is -2.25. The van der Waals surface area contributed by atoms with Gasteiger partial charge >= 0.3 is 5.97 Å². The number of hydrogen-bond acceptors (Lipinski definition) is 5. The number of carbonyl (C=O) groups is 2. The van der Waals surface area contributed by atoms with E-state index in [1.54, 1.807) is 4.90 Å². The summed E-state index contributed by atoms with van der Waals surface area (Å²) in [6.45, 7) is 1.03. The van der Waals surface area contributed by atoms with Crippen molar-refractivity contribution in [3.05, 3.63) is 0 Å². The van der Waals surface area contributed by atoms with Gasteiger partial charge in [0.2, 0.25) is 5.91 Å². The van der Waals surface area contributed by atoms with Gasteiger partial charge in [0.05, 0.1) is 19.3 Å². The van der Waals surface area contributed by atoms with Crippen LogP contribution in [-0.2, 0) is 14.3 Å². The number of ether oxygens (including phenoxy) is 1. The second-order valence-corrected chi connectivity index (χ2v) is 4.56. The molecule has 0 radical (unpaired) electrons. The fourth-order valence-corrected chi connectivity index (χ4v) is 2.52. The topological polar surface area (TPSA) is 78.9 Å². The van der Waals surface area contributed by atoms with E-state index < -0.39 is 12.1 Å². The van der Waals surface area contributed by atoms with Crippen LogP contribution in [0.1, 0.15) is 19.3 Å². The Morgan fingerprint density at radius 2 is 2.24 bits per heavy atom. The minimum atomic E-state index is -0.469. The van der Waals surface area contributed by atoms with Crippen LogP contribution < -0.4 is 5.32 Å². The van der Waals surface area contributed by atoms with Crippen LogP contribution in [0.15, 0.2) is 0 Å². The summed E-state index contributed by atoms with van der Waals surface area (Å²) in [5.41, 5.74) is 0. The van der Waals surface area contributed by atoms with E-state index in [1.807, 2.05) is 0 Å². The molecule has 6 nitrogen and oxygen atoms in total. The average molecular weight is 242 g/mol. The van der Waals surface area contributed by atoms with Gasteiger partial charge in [0.25, 0.3) is 0 Å². The van der Waals surface area contributed by atoms with Crippen molar-refractivity contribution in [2.24, 2.45) is 0 Å². The molecule has 1 amide bonds. The number of nitrogens with zero attached hydrogens (tertiary/aromatic N) is 1. The van der Waals surface area contributed by atoms with E-state index in [-0.39, 0.29) is 17.9 Å². The minimum Gasteiger partial charge on any atom is -0.467 e. The molecule has 2 rings (SSSR count). The Balaban J connectivity index is 2.01. The van der Waals surface area contributed by atoms with Gasteiger partial charge < -0.3 is 20.1 Å². The van der Waals surface area contributed by atoms with Crippen LogP contribution >= 0.6 is 0 Å². The van der Waals surface area contributed by atoms with Crippen LogP contribution in [0.25, 0.3) is 0 Å². The Bertz CT molecular complexity index is 321. The zero-order chi connectivity index (χ0) is 12.4. The fourth-order valence-electron chi connectivity index (χ4n) is 2.52. The number of hydrogen-bond donors (Lipinski definition) is 2. The molecule has 0 saturated carbocycles. The molecule has 0 spiro atoms. The zero-order valence-electron chi connectivity index (χ0n) is 9.89. The summed E-state index contributed by atoms with van der Waals surface area (Å²) in [5, 5.41) is 12.4. The van der Waals surface area contributed by atoms with Crippen LogP contribution in [0.3, 0.4) is 0 Å². The summed E-state index contributed by atoms with van der Waals surface area (Å²) in [5.74, 6) is -0.455. The van der Waals surface area contributed by atoms with Gasteiger partial charge in [0.1, 0.15) is 6.04 Å². The van der Waals surface area contributed by atoms with Crippen LogP contribution in [-0.4, -0.2) is 60.3 Å². The third kappa shape index (κ3) is 2.42. The van der Waals surface area contributed by atoms with Crippen molar-refractivity contribution in [3.8, 4) is 0 Å². The molecule has 6 heteroatoms. The number of amides is 1. The second-order valence-electron chi connectivity index (χ2n) is 4.56. The van der Waals surface area contributed by atoms with Crippen molar-refractivity contribution in [3.63, 3.8) is 0 Å². The van der Waals surface area contributed by atoms with Crippen molar-refractivity contribution in [1.29, 1.82) is 0 Å². The van der Waals surface area contributed by atoms with Gasteiger partial charge in [0, 0.05) is 13.1 Å². The molecule has 2 heterocycles. The molecular formula is C11H18N2O4. The van der Waals surface area contributed by atoms with Gasteiger partial charge in [-0.15, -0.1) is 0 Å². The first kappa shape index (κ1) is 12.3. The summed E-state index contributed by atoms with van der Waals surface area (Å²) < 4.78 is 4.70. The molecule has 2 N–H and O–H groups in total. The molecule has 96 valence electrons. The number of aliphatic hydroxyl groups is 1. The summed E-state index contributed by atoms with van der Waals surface area (Å²) in [6, 6.07) is -0.817. The largest absolute Gasteiger partial charge is 0.467 e. The molecule has 0 aromatic rings. The molecule has 0 aromatic heterocycles. The van der Waals surface area contributed by atoms with E-state index in [2.05, 4.69) is 5.32 Å². The Kier molecular flexibility index (Phi) is 3.63. The number of nitrogens with one attached hydrogen (secondary N) is 1. The van der Waals surface area contributed by atoms with Crippen molar-refractivity contribution in [1.82, 2.24) is 10.2 Å². The minimum absolute atomic E-state index is 0.102. The number of rotatable bonds is 2. The second kappa shape index (κ2) is 5.01. The van der Waals surface area contributed by atoms with Gasteiger partial charge in [-0.05, 0) is 19.3 Å². The molecule has 2 fully saturated rings. The van der Waals surface area contributed by atoms with E-state index in [1.165, 1.54) is 7.11 Å². The maximum absolute atomic E-state index is 12.2. The smallest absolute Gasteiger partial charge is 0.328 e. The molecule has 0 aliphatic carbocycles. The molecule has 2 saturated heterocycles. The van der Waals surface area contributed by atoms with E-state index in [0.717, 1.165) is 6.42 Å². The van der Waals surface area contributed by atoms with Crippen LogP contribution in [0.5, 0.6) is 0 Å². The van der Waals surface area contributed by atoms with Crippen molar-refractivity contribution >= 4 is 11.9 Å². The van der Waals surface area contributed by atoms with E-state index in [4.69, 9.17) is 4.74 Å². The van der Waals surface area contributed by atoms with E-state index >= 15 is 0 Å². The predicted octanol–water partition coefficient (Wildman–Crippen LogP) is -1.13. The first-order chi connectivity index (χ1) is 8.13. The number of esters is 1. The summed E-state index contributed by atoms with van der Waals surface area (Å²) in [6.07, 6.45) is 1.43. The molecule has 0 bridgehead atoms. The first-order valence-corrected chi connectivity index (χ1v) is 5.93. The Hall–Kier alpha value is -1.14. The monoisotopic (exact) mass is 242 g/mol. The van der Waals surface area contributed by atoms with Crippen molar-refractivity contribution < 1.29 is 19.4 Å². The SMILES string of the molecule is COC(=O)C1CCCN1C(=O)C1CC(O)CN1. The molecule has 0 aromatic carbocycles. The fraction of sp³-hybridized carbons (Fsp3) is 0.818. The Morgan fingerprint density at radius 3 is 2.82 bits per heavy atom. The average Bonchev–Trinajstić information content (AvgIpc) is 2.95. The zero-order valence-corrected chi connectivity index (χ0v) is 9.89. The predicted molar refractivity (Wildman–Crippen MR) is 59.2 cm³/mol. The van der Waals surface area contributed by atoms with Crippen LogP contribution in [0.4, 0.5) is 0 Å². The third-order valence-corrected chi connectivity index (χ3v) is 3.41. The lowest BCUT2D eigenvalue weighted by Crippen LogP contribution is -2.48. The van der Waals surface area contributed by atoms with Crippen molar-refractivity contribution in [2.75, 3.05) is 20.2 Å². The normalized spacial score (nSPS) is 32.8. The highest BCUT2D eigenvalue weighted by Crippen LogP contribution is 2.21. The Labute approximate surface area is 99.9 Å². The number of carbonyl (C=O) groups excluding carboxylic acids is 2. The van der Waals surface area contributed by atoms with Gasteiger partial charge in [-0.2, -0.15) is 0 Å². The lowest BCUT2D eigenvalue weighted by molar-refractivity contribution is -0.151. The summed E-state index contributed by atoms with van der Waals surface area (Å²) >= 11 is 0. The molecule has 3 unspecified atom stereocenters. The molecule has 3 atom stereocenters. The number of methoxy groups -OCH3 is 1. The van der Waals surface area contributed by atoms with E-state index in [9.17, 15) is 14.7 Å². The highest BCUT2D eigenvalue weighted by Gasteiger charge is 2.39. The maximum Gasteiger partial charge on any atom is 0.328 e. The van der Waals surface area contributed by atoms with E-state index in [0.29, 0.717) is 25.9 Å². The number of β-amino-alcohol motifs (C(OH)–C–C–N with tert-alkyl or cyclic N) is 1. The summed E-state index contributed by atoms with van der Waals surface area (Å²) in [4.78, 5) is 25.3. The van der Waals surface area contributed by atoms with Crippen LogP contribution in [0, 0.1) is 0 Å². The summed E-state index contributed by atoms with van der Waals surface area (Å²) in [7, 11) is 1.33. The van der Waals surface area contributed by atoms with Gasteiger partial charge in [-0.25, -0.2) is 4.79 Å². The Morgan fingerprint density at radius 1 is 1.47 bits per heavy atom.